The molecule has 4 rings (SSSR count). The van der Waals surface area contributed by atoms with E-state index in [2.05, 4.69) is 10.4 Å². The number of rotatable bonds is 5. The van der Waals surface area contributed by atoms with Gasteiger partial charge in [-0.15, -0.1) is 0 Å². The number of carbonyl (C=O) groups excluding carboxylic acids is 1. The molecule has 0 radical (unpaired) electrons. The molecular weight excluding hydrogens is 414 g/mol. The molecule has 3 aromatic rings. The van der Waals surface area contributed by atoms with Gasteiger partial charge in [-0.25, -0.2) is 14.5 Å². The van der Waals surface area contributed by atoms with Gasteiger partial charge in [0.2, 0.25) is 0 Å². The molecule has 0 aliphatic carbocycles. The van der Waals surface area contributed by atoms with Crippen LogP contribution in [0.5, 0.6) is 5.75 Å². The number of hydrogen-bond acceptors (Lipinski definition) is 4. The number of benzene rings is 2. The molecule has 0 unspecified atom stereocenters. The van der Waals surface area contributed by atoms with Crippen LogP contribution in [0.4, 0.5) is 16.2 Å². The summed E-state index contributed by atoms with van der Waals surface area (Å²) in [6.07, 6.45) is 4.32. The van der Waals surface area contributed by atoms with E-state index < -0.39 is 0 Å². The van der Waals surface area contributed by atoms with Crippen LogP contribution < -0.4 is 15.0 Å². The van der Waals surface area contributed by atoms with Gasteiger partial charge in [0.15, 0.2) is 5.82 Å². The van der Waals surface area contributed by atoms with Crippen LogP contribution in [0.2, 0.25) is 5.02 Å². The molecule has 0 saturated heterocycles. The maximum absolute atomic E-state index is 13.3. The van der Waals surface area contributed by atoms with Gasteiger partial charge in [-0.2, -0.15) is 5.10 Å². The fourth-order valence-electron chi connectivity index (χ4n) is 3.75. The molecule has 2 aromatic carbocycles. The van der Waals surface area contributed by atoms with Crippen molar-refractivity contribution >= 4 is 29.0 Å². The Kier molecular flexibility index (Phi) is 6.42. The Morgan fingerprint density at radius 1 is 1.23 bits per heavy atom. The first-order valence-corrected chi connectivity index (χ1v) is 10.8. The van der Waals surface area contributed by atoms with E-state index in [0.717, 1.165) is 42.9 Å². The van der Waals surface area contributed by atoms with Crippen LogP contribution in [-0.4, -0.2) is 27.9 Å². The van der Waals surface area contributed by atoms with Gasteiger partial charge in [0.05, 0.1) is 19.3 Å². The third-order valence-electron chi connectivity index (χ3n) is 5.39. The third-order valence-corrected chi connectivity index (χ3v) is 5.63. The molecule has 0 saturated carbocycles. The van der Waals surface area contributed by atoms with Crippen LogP contribution in [0.1, 0.15) is 36.5 Å². The van der Waals surface area contributed by atoms with Gasteiger partial charge in [0.25, 0.3) is 0 Å². The van der Waals surface area contributed by atoms with Crippen LogP contribution in [0.25, 0.3) is 0 Å². The molecular formula is C23H26ClN5O2. The normalized spacial score (nSPS) is 13.3. The second kappa shape index (κ2) is 9.39. The van der Waals surface area contributed by atoms with Crippen molar-refractivity contribution in [3.8, 4) is 5.75 Å². The summed E-state index contributed by atoms with van der Waals surface area (Å²) in [4.78, 5) is 19.7. The van der Waals surface area contributed by atoms with E-state index in [9.17, 15) is 4.79 Å². The molecule has 7 nitrogen and oxygen atoms in total. The fourth-order valence-corrected chi connectivity index (χ4v) is 3.92. The number of ether oxygens (including phenoxy) is 1. The summed E-state index contributed by atoms with van der Waals surface area (Å²) in [5.41, 5.74) is 2.30. The highest BCUT2D eigenvalue weighted by Gasteiger charge is 2.22. The minimum atomic E-state index is -0.288. The van der Waals surface area contributed by atoms with Crippen molar-refractivity contribution in [1.29, 1.82) is 0 Å². The summed E-state index contributed by atoms with van der Waals surface area (Å²) in [6.45, 7) is 3.07. The van der Waals surface area contributed by atoms with Gasteiger partial charge in [-0.1, -0.05) is 30.2 Å². The quantitative estimate of drug-likeness (QED) is 0.592. The Balaban J connectivity index is 1.64. The number of nitrogens with zero attached hydrogens (tertiary/aromatic N) is 4. The molecule has 2 heterocycles. The van der Waals surface area contributed by atoms with E-state index in [1.165, 1.54) is 6.42 Å². The average Bonchev–Trinajstić information content (AvgIpc) is 3.02. The number of fused-ring (bicyclic) bond motifs is 1. The van der Waals surface area contributed by atoms with Crippen molar-refractivity contribution in [3.05, 3.63) is 64.7 Å². The van der Waals surface area contributed by atoms with Crippen LogP contribution in [0.3, 0.4) is 0 Å². The molecule has 8 heteroatoms. The van der Waals surface area contributed by atoms with Crippen molar-refractivity contribution in [3.63, 3.8) is 0 Å². The number of aryl methyl sites for hydroxylation is 3. The van der Waals surface area contributed by atoms with E-state index in [-0.39, 0.29) is 12.6 Å². The number of aromatic nitrogens is 3. The van der Waals surface area contributed by atoms with Crippen LogP contribution >= 0.6 is 11.6 Å². The molecule has 2 amide bonds. The lowest BCUT2D eigenvalue weighted by atomic mass is 10.2. The van der Waals surface area contributed by atoms with E-state index in [1.807, 2.05) is 41.9 Å². The van der Waals surface area contributed by atoms with Crippen molar-refractivity contribution in [2.75, 3.05) is 17.3 Å². The molecule has 0 bridgehead atoms. The Labute approximate surface area is 187 Å². The topological polar surface area (TPSA) is 72.3 Å². The number of urea groups is 1. The number of carbonyl (C=O) groups is 1. The Morgan fingerprint density at radius 3 is 2.94 bits per heavy atom. The van der Waals surface area contributed by atoms with E-state index in [1.54, 1.807) is 24.1 Å². The molecule has 1 aromatic heterocycles. The molecule has 0 atom stereocenters. The van der Waals surface area contributed by atoms with E-state index in [0.29, 0.717) is 22.3 Å². The van der Waals surface area contributed by atoms with Crippen LogP contribution in [0.15, 0.2) is 42.5 Å². The first-order valence-electron chi connectivity index (χ1n) is 10.4. The number of anilines is 2. The molecule has 0 fully saturated rings. The first-order chi connectivity index (χ1) is 15.0. The second-order valence-corrected chi connectivity index (χ2v) is 8.09. The van der Waals surface area contributed by atoms with Crippen molar-refractivity contribution < 1.29 is 9.53 Å². The first kappa shape index (κ1) is 21.2. The Hall–Kier alpha value is -3.06. The minimum absolute atomic E-state index is 0.247. The lowest BCUT2D eigenvalue weighted by molar-refractivity contribution is 0.256. The maximum atomic E-state index is 13.3. The fraction of sp³-hybridized carbons (Fsp3) is 0.348. The standard InChI is InChI=1S/C23H26ClN5O2/c1-16-10-11-17(24)13-20(16)28(23(30)25-18-7-6-8-19(14-18)31-2)15-21-26-22-9-4-3-5-12-29(22)27-21/h6-8,10-11,13-14H,3-5,9,12,15H2,1-2H3,(H,25,30). The zero-order valence-electron chi connectivity index (χ0n) is 17.8. The van der Waals surface area contributed by atoms with Crippen molar-refractivity contribution in [2.45, 2.75) is 45.7 Å². The van der Waals surface area contributed by atoms with Gasteiger partial charge in [0.1, 0.15) is 11.6 Å². The summed E-state index contributed by atoms with van der Waals surface area (Å²) in [5.74, 6) is 2.28. The predicted molar refractivity (Wildman–Crippen MR) is 122 cm³/mol. The maximum Gasteiger partial charge on any atom is 0.326 e. The second-order valence-electron chi connectivity index (χ2n) is 7.66. The monoisotopic (exact) mass is 439 g/mol. The highest BCUT2D eigenvalue weighted by Crippen LogP contribution is 2.27. The van der Waals surface area contributed by atoms with Crippen molar-refractivity contribution in [2.24, 2.45) is 0 Å². The number of methoxy groups -OCH3 is 1. The molecule has 1 N–H and O–H groups in total. The minimum Gasteiger partial charge on any atom is -0.497 e. The van der Waals surface area contributed by atoms with Crippen LogP contribution in [-0.2, 0) is 19.5 Å². The number of amides is 2. The predicted octanol–water partition coefficient (Wildman–Crippen LogP) is 5.21. The lowest BCUT2D eigenvalue weighted by Gasteiger charge is -2.24. The number of nitrogens with one attached hydrogen (secondary N) is 1. The molecule has 1 aliphatic rings. The Bertz CT molecular complexity index is 1060. The molecule has 1 aliphatic heterocycles. The van der Waals surface area contributed by atoms with Gasteiger partial charge >= 0.3 is 6.03 Å². The summed E-state index contributed by atoms with van der Waals surface area (Å²) in [5, 5.41) is 8.19. The SMILES string of the molecule is COc1cccc(NC(=O)N(Cc2nc3n(n2)CCCCC3)c2cc(Cl)ccc2C)c1. The average molecular weight is 440 g/mol. The third kappa shape index (κ3) is 4.99. The summed E-state index contributed by atoms with van der Waals surface area (Å²) in [7, 11) is 1.59. The molecule has 162 valence electrons. The molecule has 31 heavy (non-hydrogen) atoms. The highest BCUT2D eigenvalue weighted by molar-refractivity contribution is 6.31. The number of halogens is 1. The van der Waals surface area contributed by atoms with Crippen LogP contribution in [0, 0.1) is 6.92 Å². The highest BCUT2D eigenvalue weighted by atomic mass is 35.5. The zero-order chi connectivity index (χ0) is 21.8. The van der Waals surface area contributed by atoms with Crippen molar-refractivity contribution in [1.82, 2.24) is 14.8 Å². The Morgan fingerprint density at radius 2 is 2.10 bits per heavy atom. The van der Waals surface area contributed by atoms with Gasteiger partial charge < -0.3 is 10.1 Å². The van der Waals surface area contributed by atoms with E-state index >= 15 is 0 Å². The van der Waals surface area contributed by atoms with Gasteiger partial charge in [0, 0.05) is 29.7 Å². The van der Waals surface area contributed by atoms with E-state index in [4.69, 9.17) is 21.3 Å². The number of hydrogen-bond donors (Lipinski definition) is 1. The molecule has 0 spiro atoms. The largest absolute Gasteiger partial charge is 0.497 e. The lowest BCUT2D eigenvalue weighted by Crippen LogP contribution is -2.35. The summed E-state index contributed by atoms with van der Waals surface area (Å²) >= 11 is 6.26. The van der Waals surface area contributed by atoms with Gasteiger partial charge in [-0.05, 0) is 49.6 Å². The smallest absolute Gasteiger partial charge is 0.326 e. The zero-order valence-corrected chi connectivity index (χ0v) is 18.5. The summed E-state index contributed by atoms with van der Waals surface area (Å²) in [6, 6.07) is 12.5. The summed E-state index contributed by atoms with van der Waals surface area (Å²) < 4.78 is 7.24. The van der Waals surface area contributed by atoms with Gasteiger partial charge in [-0.3, -0.25) is 4.90 Å².